The Morgan fingerprint density at radius 2 is 1.88 bits per heavy atom. The SMILES string of the molecule is CC(C)=CCC(O)[C@@H](C)CCC[C@@]12CCC[C@@](CC(=O)O)(CC1)O2. The van der Waals surface area contributed by atoms with Gasteiger partial charge in [0.25, 0.3) is 0 Å². The van der Waals surface area contributed by atoms with Crippen molar-refractivity contribution in [2.45, 2.75) is 102 Å². The van der Waals surface area contributed by atoms with Crippen LogP contribution in [-0.2, 0) is 9.53 Å². The lowest BCUT2D eigenvalue weighted by Gasteiger charge is -2.40. The van der Waals surface area contributed by atoms with E-state index in [1.54, 1.807) is 0 Å². The quantitative estimate of drug-likeness (QED) is 0.609. The van der Waals surface area contributed by atoms with Gasteiger partial charge in [0, 0.05) is 0 Å². The predicted octanol–water partition coefficient (Wildman–Crippen LogP) is 4.46. The number of hydrogen-bond donors (Lipinski definition) is 2. The van der Waals surface area contributed by atoms with Crippen LogP contribution in [0.2, 0.25) is 0 Å². The third kappa shape index (κ3) is 5.06. The second-order valence-corrected chi connectivity index (χ2v) is 8.35. The lowest BCUT2D eigenvalue weighted by Crippen LogP contribution is -2.41. The van der Waals surface area contributed by atoms with Crippen LogP contribution in [0.25, 0.3) is 0 Å². The maximum absolute atomic E-state index is 11.1. The Morgan fingerprint density at radius 3 is 2.54 bits per heavy atom. The molecule has 2 bridgehead atoms. The van der Waals surface area contributed by atoms with Gasteiger partial charge >= 0.3 is 5.97 Å². The van der Waals surface area contributed by atoms with Crippen LogP contribution in [-0.4, -0.2) is 33.5 Å². The first kappa shape index (κ1) is 19.5. The Balaban J connectivity index is 1.80. The summed E-state index contributed by atoms with van der Waals surface area (Å²) < 4.78 is 6.35. The van der Waals surface area contributed by atoms with E-state index in [2.05, 4.69) is 26.8 Å². The summed E-state index contributed by atoms with van der Waals surface area (Å²) in [5.74, 6) is -0.463. The molecule has 0 aliphatic carbocycles. The first-order valence-corrected chi connectivity index (χ1v) is 9.49. The molecule has 2 fully saturated rings. The van der Waals surface area contributed by atoms with Crippen molar-refractivity contribution < 1.29 is 19.7 Å². The number of allylic oxidation sites excluding steroid dienone is 1. The van der Waals surface area contributed by atoms with Gasteiger partial charge in [0.15, 0.2) is 0 Å². The number of carboxylic acid groups (broad SMARTS) is 1. The molecule has 4 atom stereocenters. The molecule has 0 aromatic heterocycles. The monoisotopic (exact) mass is 338 g/mol. The zero-order valence-corrected chi connectivity index (χ0v) is 15.5. The van der Waals surface area contributed by atoms with Gasteiger partial charge in [-0.3, -0.25) is 4.79 Å². The summed E-state index contributed by atoms with van der Waals surface area (Å²) in [7, 11) is 0. The van der Waals surface area contributed by atoms with E-state index in [9.17, 15) is 9.90 Å². The summed E-state index contributed by atoms with van der Waals surface area (Å²) in [6.45, 7) is 6.23. The normalized spacial score (nSPS) is 31.5. The van der Waals surface area contributed by atoms with Crippen molar-refractivity contribution in [3.63, 3.8) is 0 Å². The van der Waals surface area contributed by atoms with Gasteiger partial charge in [-0.15, -0.1) is 0 Å². The highest BCUT2D eigenvalue weighted by Gasteiger charge is 2.52. The standard InChI is InChI=1S/C20H34O4/c1-15(2)7-8-17(21)16(3)6-4-9-19-10-5-11-20(24-19,13-12-19)14-18(22)23/h7,16-17,21H,4-6,8-14H2,1-3H3,(H,22,23)/t16-,17?,19+,20-/m0/s1. The fourth-order valence-electron chi connectivity index (χ4n) is 4.42. The van der Waals surface area contributed by atoms with Gasteiger partial charge in [0.1, 0.15) is 0 Å². The second-order valence-electron chi connectivity index (χ2n) is 8.35. The van der Waals surface area contributed by atoms with Gasteiger partial charge in [-0.1, -0.05) is 25.0 Å². The smallest absolute Gasteiger partial charge is 0.306 e. The van der Waals surface area contributed by atoms with Crippen molar-refractivity contribution in [3.05, 3.63) is 11.6 Å². The maximum Gasteiger partial charge on any atom is 0.306 e. The number of hydrogen-bond acceptors (Lipinski definition) is 3. The Kier molecular flexibility index (Phi) is 6.49. The largest absolute Gasteiger partial charge is 0.481 e. The van der Waals surface area contributed by atoms with E-state index in [1.807, 2.05) is 0 Å². The van der Waals surface area contributed by atoms with Crippen LogP contribution in [0.15, 0.2) is 11.6 Å². The van der Waals surface area contributed by atoms with Crippen LogP contribution in [0.4, 0.5) is 0 Å². The highest BCUT2D eigenvalue weighted by molar-refractivity contribution is 5.68. The number of aliphatic hydroxyl groups is 1. The van der Waals surface area contributed by atoms with Gasteiger partial charge in [-0.25, -0.2) is 0 Å². The maximum atomic E-state index is 11.1. The van der Waals surface area contributed by atoms with E-state index in [0.29, 0.717) is 0 Å². The summed E-state index contributed by atoms with van der Waals surface area (Å²) in [6.07, 6.45) is 10.6. The van der Waals surface area contributed by atoms with E-state index < -0.39 is 11.6 Å². The molecule has 0 radical (unpaired) electrons. The summed E-state index contributed by atoms with van der Waals surface area (Å²) in [5, 5.41) is 19.4. The predicted molar refractivity (Wildman–Crippen MR) is 95.0 cm³/mol. The van der Waals surface area contributed by atoms with Gasteiger partial charge in [-0.2, -0.15) is 0 Å². The van der Waals surface area contributed by atoms with Gasteiger partial charge in [-0.05, 0) is 71.1 Å². The minimum atomic E-state index is -0.747. The highest BCUT2D eigenvalue weighted by atomic mass is 16.5. The molecule has 2 aliphatic rings. The number of aliphatic carboxylic acids is 1. The highest BCUT2D eigenvalue weighted by Crippen LogP contribution is 2.51. The molecule has 2 aliphatic heterocycles. The average molecular weight is 338 g/mol. The number of carbonyl (C=O) groups is 1. The number of carboxylic acids is 1. The number of rotatable bonds is 9. The van der Waals surface area contributed by atoms with Gasteiger partial charge in [0.05, 0.1) is 23.7 Å². The molecule has 0 spiro atoms. The molecule has 2 heterocycles. The van der Waals surface area contributed by atoms with Crippen LogP contribution in [0.1, 0.15) is 85.0 Å². The fraction of sp³-hybridized carbons (Fsp3) is 0.850. The summed E-state index contributed by atoms with van der Waals surface area (Å²) >= 11 is 0. The number of fused-ring (bicyclic) bond motifs is 2. The van der Waals surface area contributed by atoms with E-state index >= 15 is 0 Å². The van der Waals surface area contributed by atoms with Crippen molar-refractivity contribution in [2.75, 3.05) is 0 Å². The summed E-state index contributed by atoms with van der Waals surface area (Å²) in [6, 6.07) is 0. The molecule has 2 rings (SSSR count). The molecule has 0 saturated carbocycles. The van der Waals surface area contributed by atoms with Crippen molar-refractivity contribution in [1.82, 2.24) is 0 Å². The van der Waals surface area contributed by atoms with Crippen molar-refractivity contribution in [1.29, 1.82) is 0 Å². The molecule has 2 saturated heterocycles. The third-order valence-electron chi connectivity index (χ3n) is 5.92. The van der Waals surface area contributed by atoms with Crippen LogP contribution in [0, 0.1) is 5.92 Å². The van der Waals surface area contributed by atoms with E-state index in [0.717, 1.165) is 57.8 Å². The molecular formula is C20H34O4. The zero-order chi connectivity index (χ0) is 17.8. The molecule has 24 heavy (non-hydrogen) atoms. The fourth-order valence-corrected chi connectivity index (χ4v) is 4.42. The molecule has 0 amide bonds. The minimum absolute atomic E-state index is 0.0989. The first-order chi connectivity index (χ1) is 11.3. The Bertz CT molecular complexity index is 468. The van der Waals surface area contributed by atoms with E-state index in [-0.39, 0.29) is 24.0 Å². The summed E-state index contributed by atoms with van der Waals surface area (Å²) in [5.41, 5.74) is 0.744. The molecular weight excluding hydrogens is 304 g/mol. The molecule has 0 aromatic rings. The van der Waals surface area contributed by atoms with Crippen molar-refractivity contribution in [3.8, 4) is 0 Å². The molecule has 4 nitrogen and oxygen atoms in total. The summed E-state index contributed by atoms with van der Waals surface area (Å²) in [4.78, 5) is 11.1. The number of ether oxygens (including phenoxy) is 1. The van der Waals surface area contributed by atoms with E-state index in [4.69, 9.17) is 9.84 Å². The Morgan fingerprint density at radius 1 is 1.21 bits per heavy atom. The molecule has 138 valence electrons. The first-order valence-electron chi connectivity index (χ1n) is 9.49. The average Bonchev–Trinajstić information content (AvgIpc) is 2.74. The van der Waals surface area contributed by atoms with Gasteiger partial charge in [0.2, 0.25) is 0 Å². The Labute approximate surface area is 146 Å². The van der Waals surface area contributed by atoms with Crippen molar-refractivity contribution in [2.24, 2.45) is 5.92 Å². The van der Waals surface area contributed by atoms with Crippen LogP contribution >= 0.6 is 0 Å². The van der Waals surface area contributed by atoms with E-state index in [1.165, 1.54) is 5.57 Å². The molecule has 4 heteroatoms. The Hall–Kier alpha value is -0.870. The number of aliphatic hydroxyl groups excluding tert-OH is 1. The molecule has 2 N–H and O–H groups in total. The van der Waals surface area contributed by atoms with Crippen LogP contribution < -0.4 is 0 Å². The molecule has 1 unspecified atom stereocenters. The molecule has 0 aromatic carbocycles. The van der Waals surface area contributed by atoms with Gasteiger partial charge < -0.3 is 14.9 Å². The third-order valence-corrected chi connectivity index (χ3v) is 5.92. The zero-order valence-electron chi connectivity index (χ0n) is 15.5. The lowest BCUT2D eigenvalue weighted by molar-refractivity contribution is -0.164. The van der Waals surface area contributed by atoms with Crippen LogP contribution in [0.3, 0.4) is 0 Å². The minimum Gasteiger partial charge on any atom is -0.481 e. The van der Waals surface area contributed by atoms with Crippen LogP contribution in [0.5, 0.6) is 0 Å². The topological polar surface area (TPSA) is 66.8 Å². The second kappa shape index (κ2) is 8.01. The lowest BCUT2D eigenvalue weighted by atomic mass is 9.86. The van der Waals surface area contributed by atoms with Crippen molar-refractivity contribution >= 4 is 5.97 Å².